The zero-order valence-electron chi connectivity index (χ0n) is 7.19. The van der Waals surface area contributed by atoms with Crippen molar-refractivity contribution >= 4 is 17.3 Å². The molecule has 1 unspecified atom stereocenters. The Bertz CT molecular complexity index is 297. The summed E-state index contributed by atoms with van der Waals surface area (Å²) in [5.74, 6) is -0.433. The van der Waals surface area contributed by atoms with Gasteiger partial charge < -0.3 is 15.6 Å². The number of esters is 1. The normalized spacial score (nSPS) is 12.5. The topological polar surface area (TPSA) is 72.5 Å². The number of ether oxygens (including phenoxy) is 1. The summed E-state index contributed by atoms with van der Waals surface area (Å²) in [4.78, 5) is 11.6. The van der Waals surface area contributed by atoms with E-state index in [0.717, 1.165) is 0 Å². The van der Waals surface area contributed by atoms with Crippen molar-refractivity contribution in [3.63, 3.8) is 0 Å². The predicted molar refractivity (Wildman–Crippen MR) is 49.7 cm³/mol. The molecule has 72 valence electrons. The first-order valence-electron chi connectivity index (χ1n) is 3.74. The van der Waals surface area contributed by atoms with E-state index in [0.29, 0.717) is 10.4 Å². The Kier molecular flexibility index (Phi) is 3.41. The second kappa shape index (κ2) is 4.36. The molecular weight excluding hydrogens is 190 g/mol. The van der Waals surface area contributed by atoms with Crippen LogP contribution >= 0.6 is 11.3 Å². The van der Waals surface area contributed by atoms with Gasteiger partial charge in [0.15, 0.2) is 0 Å². The van der Waals surface area contributed by atoms with Crippen molar-refractivity contribution in [2.75, 3.05) is 13.7 Å². The SMILES string of the molecule is COC(=O)c1sccc1C(O)CN. The number of methoxy groups -OCH3 is 1. The molecule has 4 nitrogen and oxygen atoms in total. The number of carbonyl (C=O) groups excluding carboxylic acids is 1. The average molecular weight is 201 g/mol. The molecule has 13 heavy (non-hydrogen) atoms. The Hall–Kier alpha value is -0.910. The van der Waals surface area contributed by atoms with Crippen LogP contribution in [0.25, 0.3) is 0 Å². The van der Waals surface area contributed by atoms with Crippen molar-refractivity contribution in [2.45, 2.75) is 6.10 Å². The highest BCUT2D eigenvalue weighted by Crippen LogP contribution is 2.23. The first kappa shape index (κ1) is 10.2. The van der Waals surface area contributed by atoms with E-state index in [1.807, 2.05) is 0 Å². The molecule has 0 aliphatic heterocycles. The van der Waals surface area contributed by atoms with Crippen LogP contribution in [0.1, 0.15) is 21.3 Å². The van der Waals surface area contributed by atoms with Gasteiger partial charge in [-0.1, -0.05) is 0 Å². The average Bonchev–Trinajstić information content (AvgIpc) is 2.63. The van der Waals surface area contributed by atoms with E-state index < -0.39 is 12.1 Å². The van der Waals surface area contributed by atoms with Crippen molar-refractivity contribution in [1.29, 1.82) is 0 Å². The first-order chi connectivity index (χ1) is 6.20. The summed E-state index contributed by atoms with van der Waals surface area (Å²) in [7, 11) is 1.31. The second-order valence-corrected chi connectivity index (χ2v) is 3.36. The Morgan fingerprint density at radius 1 is 1.85 bits per heavy atom. The lowest BCUT2D eigenvalue weighted by Crippen LogP contribution is -2.14. The van der Waals surface area contributed by atoms with Crippen molar-refractivity contribution in [2.24, 2.45) is 5.73 Å². The molecule has 5 heteroatoms. The lowest BCUT2D eigenvalue weighted by molar-refractivity contribution is 0.0600. The third-order valence-electron chi connectivity index (χ3n) is 1.65. The highest BCUT2D eigenvalue weighted by atomic mass is 32.1. The molecule has 0 saturated heterocycles. The van der Waals surface area contributed by atoms with E-state index >= 15 is 0 Å². The zero-order valence-corrected chi connectivity index (χ0v) is 8.00. The number of nitrogens with two attached hydrogens (primary N) is 1. The van der Waals surface area contributed by atoms with E-state index in [2.05, 4.69) is 4.74 Å². The number of aliphatic hydroxyl groups is 1. The molecule has 1 rings (SSSR count). The van der Waals surface area contributed by atoms with Gasteiger partial charge in [0.2, 0.25) is 0 Å². The largest absolute Gasteiger partial charge is 0.465 e. The smallest absolute Gasteiger partial charge is 0.348 e. The van der Waals surface area contributed by atoms with E-state index in [1.54, 1.807) is 11.4 Å². The summed E-state index contributed by atoms with van der Waals surface area (Å²) < 4.78 is 4.55. The molecule has 0 radical (unpaired) electrons. The molecule has 1 heterocycles. The molecule has 0 aliphatic rings. The number of hydrogen-bond acceptors (Lipinski definition) is 5. The third-order valence-corrected chi connectivity index (χ3v) is 2.56. The summed E-state index contributed by atoms with van der Waals surface area (Å²) in [5.41, 5.74) is 5.82. The molecule has 0 fully saturated rings. The minimum absolute atomic E-state index is 0.0979. The Balaban J connectivity index is 2.95. The number of carbonyl (C=O) groups is 1. The molecule has 1 aromatic heterocycles. The van der Waals surface area contributed by atoms with E-state index in [1.165, 1.54) is 18.4 Å². The van der Waals surface area contributed by atoms with Gasteiger partial charge >= 0.3 is 5.97 Å². The minimum atomic E-state index is -0.791. The maximum atomic E-state index is 11.2. The fourth-order valence-corrected chi connectivity index (χ4v) is 1.84. The van der Waals surface area contributed by atoms with Crippen molar-refractivity contribution in [1.82, 2.24) is 0 Å². The van der Waals surface area contributed by atoms with Crippen LogP contribution in [0, 0.1) is 0 Å². The summed E-state index contributed by atoms with van der Waals surface area (Å²) >= 11 is 1.24. The summed E-state index contributed by atoms with van der Waals surface area (Å²) in [6.07, 6.45) is -0.791. The zero-order chi connectivity index (χ0) is 9.84. The van der Waals surface area contributed by atoms with Crippen LogP contribution in [0.15, 0.2) is 11.4 Å². The van der Waals surface area contributed by atoms with Gasteiger partial charge in [0.05, 0.1) is 13.2 Å². The number of aliphatic hydroxyl groups excluding tert-OH is 1. The second-order valence-electron chi connectivity index (χ2n) is 2.45. The van der Waals surface area contributed by atoms with Gasteiger partial charge in [-0.2, -0.15) is 0 Å². The quantitative estimate of drug-likeness (QED) is 0.699. The standard InChI is InChI=1S/C8H11NO3S/c1-12-8(11)7-5(2-3-13-7)6(10)4-9/h2-3,6,10H,4,9H2,1H3. The Morgan fingerprint density at radius 3 is 3.08 bits per heavy atom. The van der Waals surface area contributed by atoms with Crippen molar-refractivity contribution < 1.29 is 14.6 Å². The third kappa shape index (κ3) is 2.06. The van der Waals surface area contributed by atoms with Crippen LogP contribution in [0.3, 0.4) is 0 Å². The maximum absolute atomic E-state index is 11.2. The maximum Gasteiger partial charge on any atom is 0.348 e. The molecule has 0 bridgehead atoms. The lowest BCUT2D eigenvalue weighted by atomic mass is 10.1. The number of rotatable bonds is 3. The van der Waals surface area contributed by atoms with Crippen LogP contribution in [0.5, 0.6) is 0 Å². The molecular formula is C8H11NO3S. The van der Waals surface area contributed by atoms with Crippen LogP contribution in [-0.4, -0.2) is 24.7 Å². The number of thiophene rings is 1. The molecule has 0 saturated carbocycles. The molecule has 3 N–H and O–H groups in total. The fourth-order valence-electron chi connectivity index (χ4n) is 0.967. The van der Waals surface area contributed by atoms with Gasteiger partial charge in [0.25, 0.3) is 0 Å². The minimum Gasteiger partial charge on any atom is -0.465 e. The van der Waals surface area contributed by atoms with Crippen molar-refractivity contribution in [3.05, 3.63) is 21.9 Å². The molecule has 0 spiro atoms. The lowest BCUT2D eigenvalue weighted by Gasteiger charge is -2.07. The molecule has 0 amide bonds. The van der Waals surface area contributed by atoms with Crippen molar-refractivity contribution in [3.8, 4) is 0 Å². The Morgan fingerprint density at radius 2 is 2.54 bits per heavy atom. The van der Waals surface area contributed by atoms with Gasteiger partial charge in [-0.05, 0) is 11.4 Å². The van der Waals surface area contributed by atoms with Crippen LogP contribution in [0.4, 0.5) is 0 Å². The molecule has 1 aromatic rings. The predicted octanol–water partition coefficient (Wildman–Crippen LogP) is 0.527. The fraction of sp³-hybridized carbons (Fsp3) is 0.375. The summed E-state index contributed by atoms with van der Waals surface area (Å²) in [6.45, 7) is 0.0979. The van der Waals surface area contributed by atoms with Crippen LogP contribution in [-0.2, 0) is 4.74 Å². The monoisotopic (exact) mass is 201 g/mol. The highest BCUT2D eigenvalue weighted by Gasteiger charge is 2.18. The highest BCUT2D eigenvalue weighted by molar-refractivity contribution is 7.12. The van der Waals surface area contributed by atoms with Crippen LogP contribution in [0.2, 0.25) is 0 Å². The summed E-state index contributed by atoms with van der Waals surface area (Å²) in [5, 5.41) is 11.1. The van der Waals surface area contributed by atoms with Gasteiger partial charge in [0.1, 0.15) is 4.88 Å². The summed E-state index contributed by atoms with van der Waals surface area (Å²) in [6, 6.07) is 1.68. The van der Waals surface area contributed by atoms with E-state index in [9.17, 15) is 9.90 Å². The first-order valence-corrected chi connectivity index (χ1v) is 4.62. The van der Waals surface area contributed by atoms with Gasteiger partial charge in [-0.3, -0.25) is 0 Å². The Labute approximate surface area is 79.9 Å². The van der Waals surface area contributed by atoms with Gasteiger partial charge in [0, 0.05) is 12.1 Å². The van der Waals surface area contributed by atoms with E-state index in [4.69, 9.17) is 5.73 Å². The van der Waals surface area contributed by atoms with Gasteiger partial charge in [-0.15, -0.1) is 11.3 Å². The van der Waals surface area contributed by atoms with E-state index in [-0.39, 0.29) is 6.54 Å². The van der Waals surface area contributed by atoms with Gasteiger partial charge in [-0.25, -0.2) is 4.79 Å². The number of hydrogen-bond donors (Lipinski definition) is 2. The molecule has 0 aromatic carbocycles. The molecule has 0 aliphatic carbocycles. The molecule has 1 atom stereocenters. The van der Waals surface area contributed by atoms with Crippen LogP contribution < -0.4 is 5.73 Å².